The van der Waals surface area contributed by atoms with Crippen molar-refractivity contribution in [2.75, 3.05) is 24.6 Å². The first-order valence-electron chi connectivity index (χ1n) is 22.6. The van der Waals surface area contributed by atoms with Gasteiger partial charge in [-0.15, -0.1) is 0 Å². The maximum absolute atomic E-state index is 12.2. The largest absolute Gasteiger partial charge is 0.481 e. The lowest BCUT2D eigenvalue weighted by molar-refractivity contribution is -0.441. The summed E-state index contributed by atoms with van der Waals surface area (Å²) in [7, 11) is 0. The quantitative estimate of drug-likeness (QED) is 0.0163. The van der Waals surface area contributed by atoms with Gasteiger partial charge in [0.25, 0.3) is 12.2 Å². The second-order valence-electron chi connectivity index (χ2n) is 17.0. The first-order valence-corrected chi connectivity index (χ1v) is 22.6. The van der Waals surface area contributed by atoms with E-state index in [0.717, 1.165) is 55.6 Å². The molecule has 2 aromatic rings. The molecule has 0 fully saturated rings. The highest BCUT2D eigenvalue weighted by Gasteiger charge is 2.49. The van der Waals surface area contributed by atoms with E-state index in [1.807, 2.05) is 42.7 Å². The van der Waals surface area contributed by atoms with Crippen LogP contribution >= 0.6 is 0 Å². The van der Waals surface area contributed by atoms with Crippen molar-refractivity contribution in [2.24, 2.45) is 0 Å². The Kier molecular flexibility index (Phi) is 19.3. The topological polar surface area (TPSA) is 137 Å². The Balaban J connectivity index is 1.76. The van der Waals surface area contributed by atoms with Crippen LogP contribution in [-0.4, -0.2) is 52.5 Å². The van der Waals surface area contributed by atoms with Gasteiger partial charge in [0.2, 0.25) is 5.69 Å². The molecule has 0 radical (unpaired) electrons. The van der Waals surface area contributed by atoms with E-state index in [2.05, 4.69) is 49.1 Å². The number of rotatable bonds is 29. The van der Waals surface area contributed by atoms with E-state index < -0.39 is 11.4 Å². The molecule has 1 N–H and O–H groups in total. The number of nitriles is 1. The van der Waals surface area contributed by atoms with Gasteiger partial charge in [-0.05, 0) is 62.6 Å². The number of benzene rings is 2. The molecule has 2 aliphatic heterocycles. The van der Waals surface area contributed by atoms with Gasteiger partial charge in [0.1, 0.15) is 12.2 Å². The monoisotopic (exact) mass is 822 g/mol. The molecule has 0 spiro atoms. The molecule has 0 amide bonds. The zero-order chi connectivity index (χ0) is 43.4. The molecule has 2 aliphatic rings. The molecule has 4 rings (SSSR count). The number of carboxylic acids is 1. The first-order chi connectivity index (χ1) is 29.1. The molecule has 60 heavy (non-hydrogen) atoms. The third kappa shape index (κ3) is 12.3. The third-order valence-electron chi connectivity index (χ3n) is 12.5. The molecule has 0 bridgehead atoms. The predicted molar refractivity (Wildman–Crippen MR) is 241 cm³/mol. The summed E-state index contributed by atoms with van der Waals surface area (Å²) in [6, 6.07) is 15.8. The number of nitrogens with zero attached hydrogens (tertiary/aromatic N) is 4. The molecule has 324 valence electrons. The molecular formula is C50H69N4O6+. The number of fused-ring (bicyclic) bond motifs is 2. The molecule has 0 aliphatic carbocycles. The van der Waals surface area contributed by atoms with E-state index in [1.165, 1.54) is 88.7 Å². The molecule has 0 aromatic heterocycles. The molecule has 0 saturated carbocycles. The Morgan fingerprint density at radius 1 is 0.900 bits per heavy atom. The third-order valence-corrected chi connectivity index (χ3v) is 12.5. The molecular weight excluding hydrogens is 753 g/mol. The van der Waals surface area contributed by atoms with Gasteiger partial charge in [-0.1, -0.05) is 135 Å². The fourth-order valence-corrected chi connectivity index (χ4v) is 9.45. The van der Waals surface area contributed by atoms with Crippen molar-refractivity contribution >= 4 is 35.2 Å². The summed E-state index contributed by atoms with van der Waals surface area (Å²) in [5, 5.41) is 32.6. The van der Waals surface area contributed by atoms with Crippen LogP contribution < -0.4 is 4.90 Å². The summed E-state index contributed by atoms with van der Waals surface area (Å²) in [5.74, 6) is -0.854. The van der Waals surface area contributed by atoms with E-state index in [0.29, 0.717) is 29.8 Å². The minimum Gasteiger partial charge on any atom is -0.481 e. The summed E-state index contributed by atoms with van der Waals surface area (Å²) in [5.41, 5.74) is 4.57. The molecule has 0 atom stereocenters. The molecule has 10 heteroatoms. The molecule has 2 heterocycles. The highest BCUT2D eigenvalue weighted by molar-refractivity contribution is 6.04. The number of carboxylic acid groups (broad SMARTS) is 1. The molecule has 10 nitrogen and oxygen atoms in total. The summed E-state index contributed by atoms with van der Waals surface area (Å²) in [6.07, 6.45) is 28.8. The standard InChI is InChI=1S/C50H68N4O6/c1-5-7-9-11-13-15-17-21-33-50(34-22-18-16-14-12-10-8-6-2)41-24-19-20-25-42(41)52(35-32-47(56)57)46(50)31-29-40(38-51)28-30-45-49(3,4)48-43(53(45)36-37-60-39-55)26-23-27-44(48)54(58)59/h19-20,23-31,39H,5-18,21-22,32-37H2,1-4H3/p+1. The Bertz CT molecular complexity index is 1900. The van der Waals surface area contributed by atoms with E-state index in [-0.39, 0.29) is 35.6 Å². The zero-order valence-electron chi connectivity index (χ0n) is 36.8. The van der Waals surface area contributed by atoms with E-state index >= 15 is 0 Å². The van der Waals surface area contributed by atoms with Gasteiger partial charge < -0.3 is 14.7 Å². The number of unbranched alkanes of at least 4 members (excludes halogenated alkanes) is 14. The smallest absolute Gasteiger partial charge is 0.305 e. The van der Waals surface area contributed by atoms with Crippen LogP contribution in [0.15, 0.2) is 78.0 Å². The number of carbonyl (C=O) groups excluding carboxylic acids is 1. The van der Waals surface area contributed by atoms with Crippen molar-refractivity contribution in [1.29, 1.82) is 5.26 Å². The van der Waals surface area contributed by atoms with Crippen molar-refractivity contribution in [3.05, 3.63) is 99.3 Å². The number of hydrogen-bond acceptors (Lipinski definition) is 7. The summed E-state index contributed by atoms with van der Waals surface area (Å²) in [6.45, 7) is 9.42. The van der Waals surface area contributed by atoms with Crippen LogP contribution in [0, 0.1) is 21.4 Å². The van der Waals surface area contributed by atoms with Gasteiger partial charge in [-0.25, -0.2) is 0 Å². The predicted octanol–water partition coefficient (Wildman–Crippen LogP) is 12.3. The maximum atomic E-state index is 12.2. The maximum Gasteiger partial charge on any atom is 0.305 e. The Morgan fingerprint density at radius 3 is 2.07 bits per heavy atom. The van der Waals surface area contributed by atoms with Crippen LogP contribution in [0.2, 0.25) is 0 Å². The summed E-state index contributed by atoms with van der Waals surface area (Å²) in [4.78, 5) is 37.1. The van der Waals surface area contributed by atoms with Crippen molar-refractivity contribution in [1.82, 2.24) is 0 Å². The Morgan fingerprint density at radius 2 is 1.50 bits per heavy atom. The number of aliphatic carboxylic acids is 1. The minimum absolute atomic E-state index is 0.00886. The van der Waals surface area contributed by atoms with Crippen LogP contribution in [0.4, 0.5) is 17.1 Å². The second kappa shape index (κ2) is 24.3. The number of nitro benzene ring substituents is 1. The van der Waals surface area contributed by atoms with E-state index in [9.17, 15) is 30.1 Å². The van der Waals surface area contributed by atoms with Crippen molar-refractivity contribution < 1.29 is 28.9 Å². The van der Waals surface area contributed by atoms with Gasteiger partial charge in [-0.2, -0.15) is 9.84 Å². The van der Waals surface area contributed by atoms with E-state index in [1.54, 1.807) is 12.1 Å². The highest BCUT2D eigenvalue weighted by Crippen LogP contribution is 2.54. The fraction of sp³-hybridized carbons (Fsp3) is 0.560. The van der Waals surface area contributed by atoms with Crippen LogP contribution in [0.25, 0.3) is 0 Å². The fourth-order valence-electron chi connectivity index (χ4n) is 9.45. The molecule has 0 saturated heterocycles. The van der Waals surface area contributed by atoms with Crippen molar-refractivity contribution in [2.45, 2.75) is 161 Å². The second-order valence-corrected chi connectivity index (χ2v) is 17.0. The van der Waals surface area contributed by atoms with Crippen LogP contribution in [0.5, 0.6) is 0 Å². The SMILES string of the molecule is CCCCCCCCCCC1(CCCCCCCCCC)C(=CC=C(C#N)C=CC2=[N+](CCOC=O)c3cccc([N+](=O)[O-])c3C2(C)C)N(CCC(=O)O)c2ccccc21. The lowest BCUT2D eigenvalue weighted by Gasteiger charge is -2.34. The summed E-state index contributed by atoms with van der Waals surface area (Å²) < 4.78 is 6.98. The summed E-state index contributed by atoms with van der Waals surface area (Å²) >= 11 is 0. The number of hydrogen-bond donors (Lipinski definition) is 1. The van der Waals surface area contributed by atoms with Crippen LogP contribution in [0.3, 0.4) is 0 Å². The number of carbonyl (C=O) groups is 2. The lowest BCUT2D eigenvalue weighted by atomic mass is 9.71. The van der Waals surface area contributed by atoms with Gasteiger partial charge in [0.15, 0.2) is 12.3 Å². The van der Waals surface area contributed by atoms with E-state index in [4.69, 9.17) is 4.74 Å². The van der Waals surface area contributed by atoms with Crippen LogP contribution in [0.1, 0.15) is 161 Å². The number of nitro groups is 1. The van der Waals surface area contributed by atoms with Crippen LogP contribution in [-0.2, 0) is 25.2 Å². The number of ether oxygens (including phenoxy) is 1. The van der Waals surface area contributed by atoms with Gasteiger partial charge in [-0.3, -0.25) is 19.7 Å². The highest BCUT2D eigenvalue weighted by atomic mass is 16.6. The van der Waals surface area contributed by atoms with Gasteiger partial charge >= 0.3 is 5.97 Å². The Hall–Kier alpha value is -5.04. The lowest BCUT2D eigenvalue weighted by Crippen LogP contribution is -2.32. The molecule has 2 aromatic carbocycles. The number of anilines is 1. The average Bonchev–Trinajstić information content (AvgIpc) is 3.62. The Labute approximate surface area is 358 Å². The normalized spacial score (nSPS) is 16.0. The van der Waals surface area contributed by atoms with Gasteiger partial charge in [0.05, 0.1) is 28.4 Å². The van der Waals surface area contributed by atoms with Gasteiger partial charge in [0, 0.05) is 41.6 Å². The first kappa shape index (κ1) is 47.6. The number of allylic oxidation sites excluding steroid dienone is 6. The number of para-hydroxylation sites is 1. The molecule has 0 unspecified atom stereocenters. The minimum atomic E-state index is -0.854. The zero-order valence-corrected chi connectivity index (χ0v) is 36.8. The van der Waals surface area contributed by atoms with Crippen molar-refractivity contribution in [3.8, 4) is 6.07 Å². The van der Waals surface area contributed by atoms with Crippen molar-refractivity contribution in [3.63, 3.8) is 0 Å². The average molecular weight is 822 g/mol.